The maximum Gasteiger partial charge on any atom is 0.472 e. The first-order valence-corrected chi connectivity index (χ1v) is 46.8. The van der Waals surface area contributed by atoms with Crippen molar-refractivity contribution in [2.24, 2.45) is 0 Å². The number of aliphatic hydroxyl groups excluding tert-OH is 2. The van der Waals surface area contributed by atoms with Gasteiger partial charge in [0.15, 0.2) is 6.10 Å². The van der Waals surface area contributed by atoms with Crippen LogP contribution in [-0.2, 0) is 55.8 Å². The average Bonchev–Trinajstić information content (AvgIpc) is 0.900. The summed E-state index contributed by atoms with van der Waals surface area (Å²) in [5.74, 6) is -1.59. The zero-order valence-corrected chi connectivity index (χ0v) is 71.6. The van der Waals surface area contributed by atoms with Gasteiger partial charge in [-0.3, -0.25) is 32.5 Å². The summed E-state index contributed by atoms with van der Waals surface area (Å²) >= 11 is 0. The summed E-state index contributed by atoms with van der Waals surface area (Å²) in [4.78, 5) is 58.9. The molecule has 4 N–H and O–H groups in total. The van der Waals surface area contributed by atoms with Gasteiger partial charge in [0.25, 0.3) is 0 Å². The van der Waals surface area contributed by atoms with Gasteiger partial charge in [-0.15, -0.1) is 0 Å². The molecule has 0 spiro atoms. The molecule has 111 heavy (non-hydrogen) atoms. The number of phosphoric acid groups is 2. The molecule has 0 heterocycles. The fraction of sp³-hybridized carbons (Fsp3) is 0.688. The van der Waals surface area contributed by atoms with E-state index in [1.165, 1.54) is 116 Å². The lowest BCUT2D eigenvalue weighted by Gasteiger charge is -2.21. The molecule has 0 radical (unpaired) electrons. The van der Waals surface area contributed by atoms with Crippen LogP contribution in [0.5, 0.6) is 0 Å². The second kappa shape index (κ2) is 84.6. The van der Waals surface area contributed by atoms with Crippen molar-refractivity contribution in [2.75, 3.05) is 39.6 Å². The van der Waals surface area contributed by atoms with Crippen molar-refractivity contribution < 1.29 is 75.8 Å². The van der Waals surface area contributed by atoms with Gasteiger partial charge in [-0.25, -0.2) is 9.13 Å². The first kappa shape index (κ1) is 106. The maximum absolute atomic E-state index is 13.0. The molecule has 16 nitrogen and oxygen atoms in total. The van der Waals surface area contributed by atoms with E-state index in [2.05, 4.69) is 179 Å². The Morgan fingerprint density at radius 2 is 0.477 bits per heavy atom. The minimum atomic E-state index is -4.94. The standard InChI is InChI=1S/C93H158O16P2/c1-4-7-10-13-16-19-22-25-28-31-33-35-37-39-41-42-43-44-46-48-49-51-53-56-58-61-64-67-70-73-76-79-91(96)103-82-88(94)83-105-110(99,100)106-84-89(95)85-107-111(101,102)108-87-90(109-93(98)81-78-75-72-69-66-63-60-55-30-27-24-21-18-15-12-9-6-3)86-104-92(97)80-77-74-71-68-65-62-59-57-54-52-50-47-45-40-38-36-34-32-29-26-23-20-17-14-11-8-5-2/h7,9-10,12,16-21,25-30,33-36,39-41,43-45,88-90,94-95H,4-6,8,11,13-15,22-24,31-32,37-38,42,46-87H2,1-3H3,(H,99,100)(H,101,102)/b10-7-,12-9-,19-16-,20-17-,21-18-,28-25-,29-26-,30-27-,35-33-,36-34-,41-39-,44-43-,45-40-. The summed E-state index contributed by atoms with van der Waals surface area (Å²) in [6.45, 7) is 2.44. The van der Waals surface area contributed by atoms with Crippen LogP contribution in [0.4, 0.5) is 0 Å². The van der Waals surface area contributed by atoms with Gasteiger partial charge in [0.1, 0.15) is 25.4 Å². The van der Waals surface area contributed by atoms with Crippen molar-refractivity contribution in [2.45, 2.75) is 373 Å². The lowest BCUT2D eigenvalue weighted by atomic mass is 10.0. The van der Waals surface area contributed by atoms with E-state index in [1.54, 1.807) is 0 Å². The highest BCUT2D eigenvalue weighted by molar-refractivity contribution is 7.47. The monoisotopic (exact) mass is 1590 g/mol. The number of carbonyl (C=O) groups is 3. The summed E-state index contributed by atoms with van der Waals surface area (Å²) < 4.78 is 61.4. The SMILES string of the molecule is CC/C=C\C/C=C\C/C=C\C/C=C\C/C=C\C/C=C\CCCCCCCCCCCCCCC(=O)OCC(O)COP(=O)(O)OCC(O)COP(=O)(O)OCC(COC(=O)CCCCCCCCCCCCC/C=C\C/C=C\C/C=C\C/C=C\CCCCC)OC(=O)CCCCCCCCC/C=C\C/C=C\C/C=C\CC. The van der Waals surface area contributed by atoms with Crippen LogP contribution in [0.25, 0.3) is 0 Å². The highest BCUT2D eigenvalue weighted by atomic mass is 31.2. The third-order valence-electron chi connectivity index (χ3n) is 18.2. The van der Waals surface area contributed by atoms with E-state index in [-0.39, 0.29) is 19.3 Å². The molecule has 5 atom stereocenters. The summed E-state index contributed by atoms with van der Waals surface area (Å²) in [5, 5.41) is 20.7. The molecular formula is C93H158O16P2. The molecule has 0 aliphatic rings. The predicted octanol–water partition coefficient (Wildman–Crippen LogP) is 26.5. The van der Waals surface area contributed by atoms with E-state index >= 15 is 0 Å². The van der Waals surface area contributed by atoms with Crippen LogP contribution >= 0.6 is 15.6 Å². The number of allylic oxidation sites excluding steroid dienone is 26. The van der Waals surface area contributed by atoms with Gasteiger partial charge in [-0.1, -0.05) is 346 Å². The van der Waals surface area contributed by atoms with Gasteiger partial charge in [-0.05, 0) is 148 Å². The summed E-state index contributed by atoms with van der Waals surface area (Å²) in [6, 6.07) is 0. The topological polar surface area (TPSA) is 231 Å². The Hall–Kier alpha value is -4.83. The summed E-state index contributed by atoms with van der Waals surface area (Å²) in [6.07, 6.45) is 107. The lowest BCUT2D eigenvalue weighted by molar-refractivity contribution is -0.161. The minimum absolute atomic E-state index is 0.0897. The second-order valence-corrected chi connectivity index (χ2v) is 31.8. The van der Waals surface area contributed by atoms with Crippen molar-refractivity contribution in [1.82, 2.24) is 0 Å². The molecule has 0 bridgehead atoms. The molecule has 0 fully saturated rings. The summed E-state index contributed by atoms with van der Waals surface area (Å²) in [5.41, 5.74) is 0. The number of aliphatic hydroxyl groups is 2. The Kier molecular flexibility index (Phi) is 80.9. The molecule has 636 valence electrons. The number of carbonyl (C=O) groups excluding carboxylic acids is 3. The van der Waals surface area contributed by atoms with Gasteiger partial charge in [-0.2, -0.15) is 0 Å². The van der Waals surface area contributed by atoms with Crippen LogP contribution < -0.4 is 0 Å². The first-order chi connectivity index (χ1) is 54.2. The van der Waals surface area contributed by atoms with Crippen LogP contribution in [0, 0.1) is 0 Å². The van der Waals surface area contributed by atoms with E-state index in [4.69, 9.17) is 32.3 Å². The normalized spacial score (nSPS) is 14.6. The number of esters is 3. The van der Waals surface area contributed by atoms with Crippen LogP contribution in [0.3, 0.4) is 0 Å². The van der Waals surface area contributed by atoms with Crippen molar-refractivity contribution in [3.63, 3.8) is 0 Å². The fourth-order valence-electron chi connectivity index (χ4n) is 11.6. The molecule has 0 aromatic rings. The van der Waals surface area contributed by atoms with E-state index in [0.717, 1.165) is 180 Å². The minimum Gasteiger partial charge on any atom is -0.463 e. The Balaban J connectivity index is 4.55. The highest BCUT2D eigenvalue weighted by Gasteiger charge is 2.29. The lowest BCUT2D eigenvalue weighted by Crippen LogP contribution is -2.30. The zero-order chi connectivity index (χ0) is 80.8. The number of phosphoric ester groups is 2. The average molecular weight is 1590 g/mol. The number of unbranched alkanes of at least 4 members (excludes halogenated alkanes) is 33. The highest BCUT2D eigenvalue weighted by Crippen LogP contribution is 2.45. The van der Waals surface area contributed by atoms with Gasteiger partial charge in [0.05, 0.1) is 26.4 Å². The van der Waals surface area contributed by atoms with Gasteiger partial charge < -0.3 is 34.2 Å². The van der Waals surface area contributed by atoms with Crippen LogP contribution in [0.2, 0.25) is 0 Å². The molecule has 0 rings (SSSR count). The van der Waals surface area contributed by atoms with Crippen molar-refractivity contribution in [1.29, 1.82) is 0 Å². The Morgan fingerprint density at radius 3 is 0.757 bits per heavy atom. The predicted molar refractivity (Wildman–Crippen MR) is 463 cm³/mol. The summed E-state index contributed by atoms with van der Waals surface area (Å²) in [7, 11) is -9.81. The molecule has 0 aromatic heterocycles. The maximum atomic E-state index is 13.0. The fourth-order valence-corrected chi connectivity index (χ4v) is 13.2. The Bertz CT molecular complexity index is 2650. The first-order valence-electron chi connectivity index (χ1n) is 43.8. The molecule has 0 amide bonds. The van der Waals surface area contributed by atoms with E-state index in [0.29, 0.717) is 19.3 Å². The molecule has 5 unspecified atom stereocenters. The Morgan fingerprint density at radius 1 is 0.261 bits per heavy atom. The molecule has 0 saturated carbocycles. The number of rotatable bonds is 82. The number of hydrogen-bond donors (Lipinski definition) is 4. The van der Waals surface area contributed by atoms with Crippen LogP contribution in [0.1, 0.15) is 355 Å². The molecule has 0 saturated heterocycles. The van der Waals surface area contributed by atoms with Gasteiger partial charge in [0.2, 0.25) is 0 Å². The third kappa shape index (κ3) is 85.9. The molecule has 0 aliphatic carbocycles. The quantitative estimate of drug-likeness (QED) is 0.0146. The number of hydrogen-bond acceptors (Lipinski definition) is 14. The second-order valence-electron chi connectivity index (χ2n) is 28.9. The number of ether oxygens (including phenoxy) is 3. The molecular weight excluding hydrogens is 1430 g/mol. The van der Waals surface area contributed by atoms with Crippen LogP contribution in [0.15, 0.2) is 158 Å². The molecule has 18 heteroatoms. The van der Waals surface area contributed by atoms with Crippen molar-refractivity contribution in [3.05, 3.63) is 158 Å². The van der Waals surface area contributed by atoms with Crippen molar-refractivity contribution in [3.8, 4) is 0 Å². The van der Waals surface area contributed by atoms with Gasteiger partial charge in [0, 0.05) is 19.3 Å². The Labute approximate surface area is 676 Å². The van der Waals surface area contributed by atoms with E-state index < -0.39 is 91.5 Å². The van der Waals surface area contributed by atoms with E-state index in [9.17, 15) is 43.5 Å². The largest absolute Gasteiger partial charge is 0.472 e. The van der Waals surface area contributed by atoms with Gasteiger partial charge >= 0.3 is 33.6 Å². The van der Waals surface area contributed by atoms with Crippen LogP contribution in [-0.4, -0.2) is 95.9 Å². The molecule has 0 aromatic carbocycles. The van der Waals surface area contributed by atoms with E-state index in [1.807, 2.05) is 0 Å². The molecule has 0 aliphatic heterocycles. The third-order valence-corrected chi connectivity index (χ3v) is 20.1. The smallest absolute Gasteiger partial charge is 0.463 e. The zero-order valence-electron chi connectivity index (χ0n) is 69.8. The van der Waals surface area contributed by atoms with Crippen molar-refractivity contribution >= 4 is 33.6 Å².